The van der Waals surface area contributed by atoms with E-state index in [1.165, 1.54) is 0 Å². The molecule has 1 saturated heterocycles. The number of hydrogen-bond acceptors (Lipinski definition) is 3. The molecule has 0 aromatic heterocycles. The van der Waals surface area contributed by atoms with Gasteiger partial charge in [0.1, 0.15) is 11.4 Å². The quantitative estimate of drug-likeness (QED) is 0.668. The van der Waals surface area contributed by atoms with Crippen molar-refractivity contribution in [1.29, 1.82) is 0 Å². The van der Waals surface area contributed by atoms with Crippen LogP contribution in [0.3, 0.4) is 0 Å². The van der Waals surface area contributed by atoms with Crippen molar-refractivity contribution in [2.45, 2.75) is 64.9 Å². The minimum Gasteiger partial charge on any atom is -0.444 e. The molecule has 104 valence electrons. The fraction of sp³-hybridized carbons (Fsp3) is 0.857. The summed E-state index contributed by atoms with van der Waals surface area (Å²) in [6, 6.07) is 0. The molecule has 18 heavy (non-hydrogen) atoms. The molecule has 1 heterocycles. The molecule has 1 amide bonds. The number of amides is 1. The molecule has 0 radical (unpaired) electrons. The zero-order valence-corrected chi connectivity index (χ0v) is 11.8. The number of hydrogen-bond donors (Lipinski definition) is 0. The molecule has 0 N–H and O–H groups in total. The lowest BCUT2D eigenvalue weighted by atomic mass is 10.1. The summed E-state index contributed by atoms with van der Waals surface area (Å²) in [4.78, 5) is 25.2. The second-order valence-corrected chi connectivity index (χ2v) is 5.92. The van der Waals surface area contributed by atoms with Gasteiger partial charge in [0, 0.05) is 25.9 Å². The van der Waals surface area contributed by atoms with Crippen LogP contribution in [-0.4, -0.2) is 35.5 Å². The van der Waals surface area contributed by atoms with Gasteiger partial charge in [-0.1, -0.05) is 12.8 Å². The van der Waals surface area contributed by atoms with E-state index in [0.717, 1.165) is 25.7 Å². The molecule has 0 aliphatic carbocycles. The van der Waals surface area contributed by atoms with Gasteiger partial charge in [0.25, 0.3) is 0 Å². The second-order valence-electron chi connectivity index (χ2n) is 5.92. The number of ether oxygens (including phenoxy) is 1. The molecule has 1 fully saturated rings. The number of Topliss-reactive ketones (excluding diaryl/α,β-unsaturated/α-hetero) is 1. The molecule has 4 nitrogen and oxygen atoms in total. The zero-order chi connectivity index (χ0) is 13.6. The average Bonchev–Trinajstić information content (AvgIpc) is 2.25. The predicted octanol–water partition coefficient (Wildman–Crippen LogP) is 3.15. The summed E-state index contributed by atoms with van der Waals surface area (Å²) in [5, 5.41) is 0. The first kappa shape index (κ1) is 15.0. The van der Waals surface area contributed by atoms with Gasteiger partial charge in [0.2, 0.25) is 0 Å². The van der Waals surface area contributed by atoms with Crippen LogP contribution in [0.4, 0.5) is 4.79 Å². The number of nitrogens with zero attached hydrogens (tertiary/aromatic N) is 1. The third kappa shape index (κ3) is 6.03. The van der Waals surface area contributed by atoms with Crippen molar-refractivity contribution in [3.63, 3.8) is 0 Å². The third-order valence-corrected chi connectivity index (χ3v) is 2.95. The molecule has 4 heteroatoms. The van der Waals surface area contributed by atoms with Crippen LogP contribution < -0.4 is 0 Å². The largest absolute Gasteiger partial charge is 0.444 e. The lowest BCUT2D eigenvalue weighted by Crippen LogP contribution is -2.38. The molecule has 1 aliphatic rings. The summed E-state index contributed by atoms with van der Waals surface area (Å²) < 4.78 is 5.36. The molecule has 0 bridgehead atoms. The fourth-order valence-corrected chi connectivity index (χ4v) is 1.98. The van der Waals surface area contributed by atoms with Gasteiger partial charge in [-0.3, -0.25) is 4.79 Å². The molecule has 0 aromatic carbocycles. The van der Waals surface area contributed by atoms with Crippen molar-refractivity contribution in [2.75, 3.05) is 13.1 Å². The van der Waals surface area contributed by atoms with Crippen LogP contribution >= 0.6 is 0 Å². The lowest BCUT2D eigenvalue weighted by molar-refractivity contribution is -0.119. The first-order valence-electron chi connectivity index (χ1n) is 6.88. The summed E-state index contributed by atoms with van der Waals surface area (Å²) in [5.74, 6) is 0.255. The Morgan fingerprint density at radius 2 is 1.72 bits per heavy atom. The first-order valence-corrected chi connectivity index (χ1v) is 6.88. The van der Waals surface area contributed by atoms with Crippen molar-refractivity contribution in [1.82, 2.24) is 4.90 Å². The first-order chi connectivity index (χ1) is 8.38. The Labute approximate surface area is 110 Å². The van der Waals surface area contributed by atoms with Crippen molar-refractivity contribution in [3.8, 4) is 0 Å². The Morgan fingerprint density at radius 1 is 1.06 bits per heavy atom. The minimum atomic E-state index is -0.476. The summed E-state index contributed by atoms with van der Waals surface area (Å²) in [6.07, 6.45) is 4.96. The highest BCUT2D eigenvalue weighted by atomic mass is 16.6. The fourth-order valence-electron chi connectivity index (χ4n) is 1.98. The van der Waals surface area contributed by atoms with Gasteiger partial charge in [-0.25, -0.2) is 4.79 Å². The van der Waals surface area contributed by atoms with Crippen LogP contribution in [0, 0.1) is 0 Å². The van der Waals surface area contributed by atoms with Gasteiger partial charge in [0.05, 0.1) is 0 Å². The van der Waals surface area contributed by atoms with Gasteiger partial charge < -0.3 is 9.64 Å². The standard InChI is InChI=1S/C14H25NO3/c1-14(2,3)18-13(17)15-10-7-5-4-6-8-12(16)9-11-15/h4-11H2,1-3H3. The SMILES string of the molecule is CC(C)(C)OC(=O)N1CCCCCCC(=O)CC1. The third-order valence-electron chi connectivity index (χ3n) is 2.95. The summed E-state index contributed by atoms with van der Waals surface area (Å²) in [5.41, 5.74) is -0.476. The van der Waals surface area contributed by atoms with Crippen molar-refractivity contribution in [2.24, 2.45) is 0 Å². The Kier molecular flexibility index (Phi) is 5.63. The van der Waals surface area contributed by atoms with Gasteiger partial charge in [-0.15, -0.1) is 0 Å². The van der Waals surface area contributed by atoms with Gasteiger partial charge in [-0.05, 0) is 33.6 Å². The van der Waals surface area contributed by atoms with Gasteiger partial charge in [0.15, 0.2) is 0 Å². The Bertz CT molecular complexity index is 294. The maximum atomic E-state index is 12.0. The molecule has 0 saturated carbocycles. The van der Waals surface area contributed by atoms with E-state index < -0.39 is 5.60 Å². The number of rotatable bonds is 0. The van der Waals surface area contributed by atoms with E-state index in [2.05, 4.69) is 0 Å². The van der Waals surface area contributed by atoms with Crippen LogP contribution in [0.15, 0.2) is 0 Å². The molecule has 0 spiro atoms. The smallest absolute Gasteiger partial charge is 0.410 e. The van der Waals surface area contributed by atoms with E-state index >= 15 is 0 Å². The highest BCUT2D eigenvalue weighted by Crippen LogP contribution is 2.14. The lowest BCUT2D eigenvalue weighted by Gasteiger charge is -2.27. The van der Waals surface area contributed by atoms with E-state index in [-0.39, 0.29) is 11.9 Å². The Hall–Kier alpha value is -1.06. The van der Waals surface area contributed by atoms with E-state index in [1.54, 1.807) is 4.90 Å². The molecule has 0 atom stereocenters. The highest BCUT2D eigenvalue weighted by Gasteiger charge is 2.22. The van der Waals surface area contributed by atoms with E-state index in [1.807, 2.05) is 20.8 Å². The summed E-state index contributed by atoms with van der Waals surface area (Å²) in [6.45, 7) is 6.77. The number of ketones is 1. The molecule has 1 rings (SSSR count). The van der Waals surface area contributed by atoms with Crippen molar-refractivity contribution < 1.29 is 14.3 Å². The average molecular weight is 255 g/mol. The van der Waals surface area contributed by atoms with Crippen LogP contribution in [0.1, 0.15) is 59.3 Å². The topological polar surface area (TPSA) is 46.6 Å². The van der Waals surface area contributed by atoms with Crippen LogP contribution in [0.25, 0.3) is 0 Å². The predicted molar refractivity (Wildman–Crippen MR) is 70.5 cm³/mol. The van der Waals surface area contributed by atoms with Gasteiger partial charge >= 0.3 is 6.09 Å². The zero-order valence-electron chi connectivity index (χ0n) is 11.8. The molecule has 0 unspecified atom stereocenters. The van der Waals surface area contributed by atoms with Crippen LogP contribution in [0.2, 0.25) is 0 Å². The Morgan fingerprint density at radius 3 is 2.39 bits per heavy atom. The summed E-state index contributed by atoms with van der Waals surface area (Å²) >= 11 is 0. The van der Waals surface area contributed by atoms with Crippen molar-refractivity contribution in [3.05, 3.63) is 0 Å². The minimum absolute atomic E-state index is 0.255. The second kappa shape index (κ2) is 6.76. The van der Waals surface area contributed by atoms with Gasteiger partial charge in [-0.2, -0.15) is 0 Å². The van der Waals surface area contributed by atoms with E-state index in [9.17, 15) is 9.59 Å². The molecule has 1 aliphatic heterocycles. The number of carbonyl (C=O) groups is 2. The van der Waals surface area contributed by atoms with Crippen LogP contribution in [0.5, 0.6) is 0 Å². The normalized spacial score (nSPS) is 19.5. The molecular formula is C14H25NO3. The summed E-state index contributed by atoms with van der Waals surface area (Å²) in [7, 11) is 0. The maximum Gasteiger partial charge on any atom is 0.410 e. The molecule has 0 aromatic rings. The number of carbonyl (C=O) groups excluding carboxylic acids is 2. The van der Waals surface area contributed by atoms with Crippen molar-refractivity contribution >= 4 is 11.9 Å². The van der Waals surface area contributed by atoms with E-state index in [4.69, 9.17) is 4.74 Å². The monoisotopic (exact) mass is 255 g/mol. The van der Waals surface area contributed by atoms with E-state index in [0.29, 0.717) is 25.9 Å². The van der Waals surface area contributed by atoms with Crippen LogP contribution in [-0.2, 0) is 9.53 Å². The Balaban J connectivity index is 2.54. The highest BCUT2D eigenvalue weighted by molar-refractivity contribution is 5.79. The maximum absolute atomic E-state index is 12.0. The molecular weight excluding hydrogens is 230 g/mol.